The normalized spacial score (nSPS) is 10.7. The molecule has 0 radical (unpaired) electrons. The fourth-order valence-electron chi connectivity index (χ4n) is 2.43. The molecule has 0 aliphatic heterocycles. The van der Waals surface area contributed by atoms with E-state index in [1.165, 1.54) is 0 Å². The Bertz CT molecular complexity index is 924. The van der Waals surface area contributed by atoms with Crippen molar-refractivity contribution in [3.05, 3.63) is 63.8 Å². The maximum atomic E-state index is 12.0. The zero-order chi connectivity index (χ0) is 16.4. The molecule has 0 aliphatic carbocycles. The topological polar surface area (TPSA) is 84.3 Å². The smallest absolute Gasteiger partial charge is 0.255 e. The fraction of sp³-hybridized carbons (Fsp3) is 0.176. The third-order valence-corrected chi connectivity index (χ3v) is 3.58. The van der Waals surface area contributed by atoms with E-state index in [4.69, 9.17) is 9.15 Å². The maximum Gasteiger partial charge on any atom is 0.255 e. The Morgan fingerprint density at radius 2 is 2.17 bits per heavy atom. The van der Waals surface area contributed by atoms with Gasteiger partial charge in [0, 0.05) is 18.6 Å². The van der Waals surface area contributed by atoms with Gasteiger partial charge >= 0.3 is 0 Å². The second-order valence-electron chi connectivity index (χ2n) is 5.08. The maximum absolute atomic E-state index is 12.0. The summed E-state index contributed by atoms with van der Waals surface area (Å²) >= 11 is 0. The van der Waals surface area contributed by atoms with Crippen LogP contribution < -0.4 is 15.6 Å². The van der Waals surface area contributed by atoms with E-state index in [0.29, 0.717) is 33.6 Å². The Labute approximate surface area is 132 Å². The van der Waals surface area contributed by atoms with E-state index in [-0.39, 0.29) is 18.1 Å². The first-order chi connectivity index (χ1) is 11.1. The highest BCUT2D eigenvalue weighted by Gasteiger charge is 2.17. The van der Waals surface area contributed by atoms with E-state index in [1.54, 1.807) is 50.5 Å². The summed E-state index contributed by atoms with van der Waals surface area (Å²) in [6, 6.07) is 8.69. The molecule has 118 valence electrons. The number of hydrogen-bond acceptors (Lipinski definition) is 4. The summed E-state index contributed by atoms with van der Waals surface area (Å²) in [6.07, 6.45) is 1.57. The number of furan rings is 1. The molecule has 6 heteroatoms. The number of hydrogen-bond donors (Lipinski definition) is 2. The van der Waals surface area contributed by atoms with Gasteiger partial charge in [-0.1, -0.05) is 0 Å². The van der Waals surface area contributed by atoms with Crippen LogP contribution in [0.25, 0.3) is 11.0 Å². The van der Waals surface area contributed by atoms with Crippen molar-refractivity contribution >= 4 is 16.9 Å². The molecule has 2 N–H and O–H groups in total. The number of rotatable bonds is 4. The Hall–Kier alpha value is -3.02. The second-order valence-corrected chi connectivity index (χ2v) is 5.08. The number of aromatic amines is 1. The fourth-order valence-corrected chi connectivity index (χ4v) is 2.43. The van der Waals surface area contributed by atoms with Crippen molar-refractivity contribution in [3.63, 3.8) is 0 Å². The SMILES string of the molecule is CNC(=O)c1c(C)oc2ccc(OCc3ccc[nH]c3=O)cc12. The highest BCUT2D eigenvalue weighted by atomic mass is 16.5. The van der Waals surface area contributed by atoms with E-state index in [1.807, 2.05) is 0 Å². The van der Waals surface area contributed by atoms with Crippen molar-refractivity contribution in [2.24, 2.45) is 0 Å². The van der Waals surface area contributed by atoms with Crippen molar-refractivity contribution in [1.29, 1.82) is 0 Å². The van der Waals surface area contributed by atoms with Crippen LogP contribution >= 0.6 is 0 Å². The van der Waals surface area contributed by atoms with E-state index in [2.05, 4.69) is 10.3 Å². The van der Waals surface area contributed by atoms with Crippen molar-refractivity contribution in [2.75, 3.05) is 7.05 Å². The average molecular weight is 312 g/mol. The van der Waals surface area contributed by atoms with Gasteiger partial charge in [-0.3, -0.25) is 9.59 Å². The number of nitrogens with one attached hydrogen (secondary N) is 2. The molecule has 0 aliphatic rings. The third-order valence-electron chi connectivity index (χ3n) is 3.58. The first-order valence-corrected chi connectivity index (χ1v) is 7.14. The lowest BCUT2D eigenvalue weighted by molar-refractivity contribution is 0.0963. The Morgan fingerprint density at radius 1 is 1.35 bits per heavy atom. The zero-order valence-electron chi connectivity index (χ0n) is 12.8. The van der Waals surface area contributed by atoms with Gasteiger partial charge in [0.1, 0.15) is 23.7 Å². The third kappa shape index (κ3) is 2.83. The van der Waals surface area contributed by atoms with Gasteiger partial charge in [-0.25, -0.2) is 0 Å². The number of carbonyl (C=O) groups is 1. The Balaban J connectivity index is 1.92. The minimum atomic E-state index is -0.210. The minimum absolute atomic E-state index is 0.147. The molecule has 0 spiro atoms. The van der Waals surface area contributed by atoms with Crippen LogP contribution in [0.2, 0.25) is 0 Å². The van der Waals surface area contributed by atoms with Gasteiger partial charge < -0.3 is 19.5 Å². The van der Waals surface area contributed by atoms with E-state index < -0.39 is 0 Å². The number of benzene rings is 1. The molecule has 1 aromatic carbocycles. The number of aryl methyl sites for hydroxylation is 1. The van der Waals surface area contributed by atoms with Gasteiger partial charge in [-0.15, -0.1) is 0 Å². The molecule has 2 heterocycles. The van der Waals surface area contributed by atoms with Crippen molar-refractivity contribution in [3.8, 4) is 5.75 Å². The lowest BCUT2D eigenvalue weighted by atomic mass is 10.1. The standard InChI is InChI=1S/C17H16N2O4/c1-10-15(17(21)18-2)13-8-12(5-6-14(13)23-10)22-9-11-4-3-7-19-16(11)20/h3-8H,9H2,1-2H3,(H,18,21)(H,19,20). The van der Waals surface area contributed by atoms with E-state index in [9.17, 15) is 9.59 Å². The molecule has 6 nitrogen and oxygen atoms in total. The van der Waals surface area contributed by atoms with Crippen LogP contribution in [0, 0.1) is 6.92 Å². The molecule has 0 unspecified atom stereocenters. The number of pyridine rings is 1. The number of aromatic nitrogens is 1. The van der Waals surface area contributed by atoms with Gasteiger partial charge in [0.05, 0.1) is 11.1 Å². The van der Waals surface area contributed by atoms with Gasteiger partial charge in [0.2, 0.25) is 0 Å². The number of carbonyl (C=O) groups excluding carboxylic acids is 1. The summed E-state index contributed by atoms with van der Waals surface area (Å²) < 4.78 is 11.3. The largest absolute Gasteiger partial charge is 0.489 e. The summed E-state index contributed by atoms with van der Waals surface area (Å²) in [6.45, 7) is 1.89. The van der Waals surface area contributed by atoms with Crippen LogP contribution in [0.5, 0.6) is 5.75 Å². The molecule has 1 amide bonds. The van der Waals surface area contributed by atoms with E-state index in [0.717, 1.165) is 0 Å². The second kappa shape index (κ2) is 6.00. The number of H-pyrrole nitrogens is 1. The number of amides is 1. The van der Waals surface area contributed by atoms with Gasteiger partial charge in [0.15, 0.2) is 0 Å². The zero-order valence-corrected chi connectivity index (χ0v) is 12.8. The van der Waals surface area contributed by atoms with Gasteiger partial charge in [-0.2, -0.15) is 0 Å². The highest BCUT2D eigenvalue weighted by Crippen LogP contribution is 2.29. The first-order valence-electron chi connectivity index (χ1n) is 7.14. The summed E-state index contributed by atoms with van der Waals surface area (Å²) in [5, 5.41) is 3.28. The number of ether oxygens (including phenoxy) is 1. The van der Waals surface area contributed by atoms with Crippen LogP contribution in [-0.4, -0.2) is 17.9 Å². The summed E-state index contributed by atoms with van der Waals surface area (Å²) in [5.74, 6) is 0.903. The van der Waals surface area contributed by atoms with Crippen molar-refractivity contribution in [2.45, 2.75) is 13.5 Å². The molecule has 0 atom stereocenters. The summed E-state index contributed by atoms with van der Waals surface area (Å²) in [5.41, 5.74) is 1.46. The minimum Gasteiger partial charge on any atom is -0.489 e. The Morgan fingerprint density at radius 3 is 2.91 bits per heavy atom. The molecule has 2 aromatic heterocycles. The van der Waals surface area contributed by atoms with Crippen LogP contribution in [0.4, 0.5) is 0 Å². The summed E-state index contributed by atoms with van der Waals surface area (Å²) in [4.78, 5) is 26.2. The highest BCUT2D eigenvalue weighted by molar-refractivity contribution is 6.07. The molecule has 23 heavy (non-hydrogen) atoms. The lowest BCUT2D eigenvalue weighted by Gasteiger charge is -2.06. The quantitative estimate of drug-likeness (QED) is 0.774. The van der Waals surface area contributed by atoms with Crippen LogP contribution in [0.3, 0.4) is 0 Å². The van der Waals surface area contributed by atoms with Crippen molar-refractivity contribution < 1.29 is 13.9 Å². The summed E-state index contributed by atoms with van der Waals surface area (Å²) in [7, 11) is 1.57. The molecule has 3 aromatic rings. The Kier molecular flexibility index (Phi) is 3.89. The predicted molar refractivity (Wildman–Crippen MR) is 85.7 cm³/mol. The van der Waals surface area contributed by atoms with Crippen LogP contribution in [0.1, 0.15) is 21.7 Å². The lowest BCUT2D eigenvalue weighted by Crippen LogP contribution is -2.18. The monoisotopic (exact) mass is 312 g/mol. The van der Waals surface area contributed by atoms with Crippen LogP contribution in [-0.2, 0) is 6.61 Å². The predicted octanol–water partition coefficient (Wildman–Crippen LogP) is 2.37. The molecular formula is C17H16N2O4. The molecular weight excluding hydrogens is 296 g/mol. The van der Waals surface area contributed by atoms with Gasteiger partial charge in [-0.05, 0) is 37.3 Å². The van der Waals surface area contributed by atoms with Gasteiger partial charge in [0.25, 0.3) is 11.5 Å². The first kappa shape index (κ1) is 14.9. The van der Waals surface area contributed by atoms with E-state index >= 15 is 0 Å². The van der Waals surface area contributed by atoms with Crippen molar-refractivity contribution in [1.82, 2.24) is 10.3 Å². The molecule has 0 fully saturated rings. The average Bonchev–Trinajstić information content (AvgIpc) is 2.88. The molecule has 0 saturated heterocycles. The molecule has 0 saturated carbocycles. The molecule has 0 bridgehead atoms. The van der Waals surface area contributed by atoms with Crippen LogP contribution in [0.15, 0.2) is 45.7 Å². The number of fused-ring (bicyclic) bond motifs is 1. The molecule has 3 rings (SSSR count).